The molecule has 2 heteroatoms. The first-order chi connectivity index (χ1) is 8.16. The molecule has 0 bridgehead atoms. The Morgan fingerprint density at radius 1 is 0.882 bits per heavy atom. The molecule has 0 aliphatic carbocycles. The van der Waals surface area contributed by atoms with E-state index in [2.05, 4.69) is 20.8 Å². The van der Waals surface area contributed by atoms with E-state index in [0.717, 1.165) is 6.61 Å². The lowest BCUT2D eigenvalue weighted by atomic mass is 10.1. The Bertz CT molecular complexity index is 146. The van der Waals surface area contributed by atoms with Crippen LogP contribution in [0.5, 0.6) is 0 Å². The Morgan fingerprint density at radius 2 is 1.47 bits per heavy atom. The monoisotopic (exact) mass is 243 g/mol. The fraction of sp³-hybridized carbons (Fsp3) is 0.933. The van der Waals surface area contributed by atoms with E-state index >= 15 is 0 Å². The van der Waals surface area contributed by atoms with Crippen LogP contribution < -0.4 is 0 Å². The maximum Gasteiger partial charge on any atom is 0.0780 e. The molecule has 0 saturated heterocycles. The van der Waals surface area contributed by atoms with Crippen molar-refractivity contribution in [3.05, 3.63) is 6.92 Å². The van der Waals surface area contributed by atoms with Crippen LogP contribution in [0.25, 0.3) is 0 Å². The molecule has 0 spiro atoms. The summed E-state index contributed by atoms with van der Waals surface area (Å²) in [6, 6.07) is 0. The van der Waals surface area contributed by atoms with E-state index in [0.29, 0.717) is 6.61 Å². The van der Waals surface area contributed by atoms with Crippen LogP contribution in [-0.2, 0) is 9.47 Å². The summed E-state index contributed by atoms with van der Waals surface area (Å²) in [5.74, 6) is 0. The van der Waals surface area contributed by atoms with Gasteiger partial charge in [0.1, 0.15) is 0 Å². The Morgan fingerprint density at radius 3 is 2.06 bits per heavy atom. The smallest absolute Gasteiger partial charge is 0.0780 e. The predicted octanol–water partition coefficient (Wildman–Crippen LogP) is 4.38. The highest BCUT2D eigenvalue weighted by atomic mass is 16.5. The maximum absolute atomic E-state index is 5.67. The lowest BCUT2D eigenvalue weighted by molar-refractivity contribution is -0.0211. The Kier molecular flexibility index (Phi) is 12.3. The number of hydrogen-bond donors (Lipinski definition) is 0. The molecule has 2 nitrogen and oxygen atoms in total. The van der Waals surface area contributed by atoms with Crippen molar-refractivity contribution in [1.82, 2.24) is 0 Å². The Hall–Kier alpha value is -0.0800. The van der Waals surface area contributed by atoms with Crippen LogP contribution in [0.3, 0.4) is 0 Å². The van der Waals surface area contributed by atoms with Gasteiger partial charge in [0.25, 0.3) is 0 Å². The van der Waals surface area contributed by atoms with Gasteiger partial charge in [-0.25, -0.2) is 0 Å². The minimum atomic E-state index is 0.0552. The molecule has 0 aromatic carbocycles. The summed E-state index contributed by atoms with van der Waals surface area (Å²) in [4.78, 5) is 0. The zero-order chi connectivity index (χ0) is 12.9. The van der Waals surface area contributed by atoms with Crippen molar-refractivity contribution in [3.63, 3.8) is 0 Å². The molecule has 0 aromatic heterocycles. The molecular weight excluding hydrogens is 212 g/mol. The zero-order valence-electron chi connectivity index (χ0n) is 12.0. The second kappa shape index (κ2) is 12.4. The van der Waals surface area contributed by atoms with Crippen molar-refractivity contribution < 1.29 is 9.47 Å². The topological polar surface area (TPSA) is 18.5 Å². The van der Waals surface area contributed by atoms with E-state index in [-0.39, 0.29) is 12.2 Å². The first-order valence-electron chi connectivity index (χ1n) is 7.23. The average Bonchev–Trinajstić information content (AvgIpc) is 2.30. The molecule has 2 unspecified atom stereocenters. The molecule has 0 aliphatic heterocycles. The van der Waals surface area contributed by atoms with Gasteiger partial charge in [0.05, 0.1) is 18.8 Å². The lowest BCUT2D eigenvalue weighted by Gasteiger charge is -2.15. The molecular formula is C15H31O2. The van der Waals surface area contributed by atoms with Crippen LogP contribution in [-0.4, -0.2) is 25.4 Å². The van der Waals surface area contributed by atoms with Gasteiger partial charge in [-0.1, -0.05) is 45.4 Å². The van der Waals surface area contributed by atoms with E-state index in [4.69, 9.17) is 9.47 Å². The number of unbranched alkanes of at least 4 members (excludes halogenated alkanes) is 6. The molecule has 0 saturated carbocycles. The van der Waals surface area contributed by atoms with E-state index < -0.39 is 0 Å². The van der Waals surface area contributed by atoms with Gasteiger partial charge in [-0.15, -0.1) is 0 Å². The molecule has 0 aromatic rings. The molecule has 0 heterocycles. The first-order valence-corrected chi connectivity index (χ1v) is 7.23. The maximum atomic E-state index is 5.67. The second-order valence-electron chi connectivity index (χ2n) is 4.95. The lowest BCUT2D eigenvalue weighted by Crippen LogP contribution is -2.19. The molecule has 0 N–H and O–H groups in total. The van der Waals surface area contributed by atoms with E-state index in [9.17, 15) is 0 Å². The van der Waals surface area contributed by atoms with Gasteiger partial charge < -0.3 is 9.47 Å². The normalized spacial score (nSPS) is 13.2. The van der Waals surface area contributed by atoms with Gasteiger partial charge in [-0.3, -0.25) is 0 Å². The fourth-order valence-corrected chi connectivity index (χ4v) is 1.69. The van der Waals surface area contributed by atoms with Crippen molar-refractivity contribution >= 4 is 0 Å². The quantitative estimate of drug-likeness (QED) is 0.474. The van der Waals surface area contributed by atoms with Crippen molar-refractivity contribution in [3.8, 4) is 0 Å². The summed E-state index contributed by atoms with van der Waals surface area (Å²) < 4.78 is 11.1. The molecule has 0 rings (SSSR count). The minimum Gasteiger partial charge on any atom is -0.376 e. The van der Waals surface area contributed by atoms with Crippen molar-refractivity contribution in [2.24, 2.45) is 0 Å². The van der Waals surface area contributed by atoms with E-state index in [1.807, 2.05) is 6.92 Å². The van der Waals surface area contributed by atoms with Gasteiger partial charge in [0, 0.05) is 6.61 Å². The Balaban J connectivity index is 3.11. The summed E-state index contributed by atoms with van der Waals surface area (Å²) in [5.41, 5.74) is 0. The van der Waals surface area contributed by atoms with Gasteiger partial charge in [-0.05, 0) is 27.2 Å². The highest BCUT2D eigenvalue weighted by Gasteiger charge is 2.03. The van der Waals surface area contributed by atoms with E-state index in [1.54, 1.807) is 0 Å². The molecule has 17 heavy (non-hydrogen) atoms. The Labute approximate surface area is 108 Å². The van der Waals surface area contributed by atoms with Crippen LogP contribution in [0, 0.1) is 6.92 Å². The van der Waals surface area contributed by atoms with Crippen molar-refractivity contribution in [2.75, 3.05) is 13.2 Å². The zero-order valence-corrected chi connectivity index (χ0v) is 12.0. The minimum absolute atomic E-state index is 0.0552. The summed E-state index contributed by atoms with van der Waals surface area (Å²) in [6.45, 7) is 11.6. The largest absolute Gasteiger partial charge is 0.376 e. The average molecular weight is 243 g/mol. The molecule has 0 fully saturated rings. The predicted molar refractivity (Wildman–Crippen MR) is 74.2 cm³/mol. The van der Waals surface area contributed by atoms with Crippen LogP contribution in [0.4, 0.5) is 0 Å². The molecule has 0 amide bonds. The summed E-state index contributed by atoms with van der Waals surface area (Å²) in [7, 11) is 0. The van der Waals surface area contributed by atoms with Gasteiger partial charge in [0.15, 0.2) is 0 Å². The third kappa shape index (κ3) is 13.9. The molecule has 0 aliphatic rings. The van der Waals surface area contributed by atoms with Crippen LogP contribution >= 0.6 is 0 Å². The van der Waals surface area contributed by atoms with E-state index in [1.165, 1.54) is 44.9 Å². The highest BCUT2D eigenvalue weighted by molar-refractivity contribution is 4.54. The molecule has 1 radical (unpaired) electrons. The van der Waals surface area contributed by atoms with Crippen LogP contribution in [0.15, 0.2) is 0 Å². The SMILES string of the molecule is [CH2]C(C)OCC(C)OCCCCCCCCC. The molecule has 103 valence electrons. The number of rotatable bonds is 12. The van der Waals surface area contributed by atoms with Gasteiger partial charge in [-0.2, -0.15) is 0 Å². The fourth-order valence-electron chi connectivity index (χ4n) is 1.69. The number of hydrogen-bond acceptors (Lipinski definition) is 2. The van der Waals surface area contributed by atoms with Crippen LogP contribution in [0.1, 0.15) is 65.7 Å². The summed E-state index contributed by atoms with van der Waals surface area (Å²) >= 11 is 0. The highest BCUT2D eigenvalue weighted by Crippen LogP contribution is 2.07. The second-order valence-corrected chi connectivity index (χ2v) is 4.95. The van der Waals surface area contributed by atoms with Crippen LogP contribution in [0.2, 0.25) is 0 Å². The van der Waals surface area contributed by atoms with Gasteiger partial charge in [0.2, 0.25) is 0 Å². The number of ether oxygens (including phenoxy) is 2. The van der Waals surface area contributed by atoms with Crippen molar-refractivity contribution in [1.29, 1.82) is 0 Å². The first kappa shape index (κ1) is 16.9. The third-order valence-electron chi connectivity index (χ3n) is 2.77. The molecule has 2 atom stereocenters. The third-order valence-corrected chi connectivity index (χ3v) is 2.77. The van der Waals surface area contributed by atoms with Gasteiger partial charge >= 0.3 is 0 Å². The summed E-state index contributed by atoms with van der Waals surface area (Å²) in [6.07, 6.45) is 9.55. The standard InChI is InChI=1S/C15H31O2/c1-5-6-7-8-9-10-11-12-16-15(4)13-17-14(2)3/h14-15H,2,5-13H2,1,3-4H3. The summed E-state index contributed by atoms with van der Waals surface area (Å²) in [5, 5.41) is 0. The van der Waals surface area contributed by atoms with Crippen molar-refractivity contribution in [2.45, 2.75) is 77.9 Å².